The number of rotatable bonds is 6. The Balaban J connectivity index is 1.81. The molecule has 1 fully saturated rings. The van der Waals surface area contributed by atoms with Crippen LogP contribution in [0.4, 0.5) is 0 Å². The molecular weight excluding hydrogens is 256 g/mol. The second kappa shape index (κ2) is 7.20. The standard InChI is InChI=1S/C16H24O2S/c1-17-15-7-5-14(6-8-15)11-18-12-16(13-19)9-3-2-4-10-16/h5-8,19H,2-4,9-13H2,1H3. The van der Waals surface area contributed by atoms with Crippen molar-refractivity contribution in [3.05, 3.63) is 29.8 Å². The molecule has 0 aromatic heterocycles. The van der Waals surface area contributed by atoms with E-state index in [1.165, 1.54) is 37.7 Å². The molecular formula is C16H24O2S. The predicted molar refractivity (Wildman–Crippen MR) is 82.0 cm³/mol. The maximum absolute atomic E-state index is 5.94. The summed E-state index contributed by atoms with van der Waals surface area (Å²) < 4.78 is 11.1. The molecule has 0 N–H and O–H groups in total. The lowest BCUT2D eigenvalue weighted by Crippen LogP contribution is -2.31. The van der Waals surface area contributed by atoms with Crippen LogP contribution >= 0.6 is 12.6 Å². The number of ether oxygens (including phenoxy) is 2. The van der Waals surface area contributed by atoms with Gasteiger partial charge >= 0.3 is 0 Å². The van der Waals surface area contributed by atoms with Crippen LogP contribution in [0.5, 0.6) is 5.75 Å². The summed E-state index contributed by atoms with van der Waals surface area (Å²) in [5, 5.41) is 0. The average molecular weight is 280 g/mol. The molecule has 0 aliphatic heterocycles. The minimum absolute atomic E-state index is 0.313. The zero-order chi connectivity index (χ0) is 13.6. The number of thiol groups is 1. The van der Waals surface area contributed by atoms with Crippen molar-refractivity contribution in [2.45, 2.75) is 38.7 Å². The molecule has 2 nitrogen and oxygen atoms in total. The quantitative estimate of drug-likeness (QED) is 0.791. The molecule has 0 atom stereocenters. The maximum Gasteiger partial charge on any atom is 0.118 e. The largest absolute Gasteiger partial charge is 0.497 e. The molecule has 2 rings (SSSR count). The molecule has 0 unspecified atom stereocenters. The Hall–Kier alpha value is -0.670. The van der Waals surface area contributed by atoms with E-state index in [9.17, 15) is 0 Å². The Morgan fingerprint density at radius 2 is 1.79 bits per heavy atom. The van der Waals surface area contributed by atoms with Crippen molar-refractivity contribution in [2.75, 3.05) is 19.5 Å². The first-order valence-corrected chi connectivity index (χ1v) is 7.73. The monoisotopic (exact) mass is 280 g/mol. The molecule has 1 aromatic carbocycles. The fourth-order valence-electron chi connectivity index (χ4n) is 2.76. The van der Waals surface area contributed by atoms with Crippen molar-refractivity contribution in [3.63, 3.8) is 0 Å². The van der Waals surface area contributed by atoms with Crippen molar-refractivity contribution in [1.82, 2.24) is 0 Å². The van der Waals surface area contributed by atoms with Gasteiger partial charge in [-0.2, -0.15) is 12.6 Å². The van der Waals surface area contributed by atoms with E-state index in [2.05, 4.69) is 24.8 Å². The molecule has 1 saturated carbocycles. The van der Waals surface area contributed by atoms with E-state index >= 15 is 0 Å². The SMILES string of the molecule is COc1ccc(COCC2(CS)CCCCC2)cc1. The fraction of sp³-hybridized carbons (Fsp3) is 0.625. The van der Waals surface area contributed by atoms with Crippen LogP contribution in [0.3, 0.4) is 0 Å². The molecule has 19 heavy (non-hydrogen) atoms. The minimum atomic E-state index is 0.313. The first-order chi connectivity index (χ1) is 9.28. The van der Waals surface area contributed by atoms with E-state index in [1.54, 1.807) is 7.11 Å². The van der Waals surface area contributed by atoms with Crippen molar-refractivity contribution in [2.24, 2.45) is 5.41 Å². The highest BCUT2D eigenvalue weighted by Crippen LogP contribution is 2.37. The molecule has 1 aliphatic carbocycles. The third kappa shape index (κ3) is 4.15. The van der Waals surface area contributed by atoms with Crippen LogP contribution in [0.15, 0.2) is 24.3 Å². The van der Waals surface area contributed by atoms with Crippen LogP contribution < -0.4 is 4.74 Å². The van der Waals surface area contributed by atoms with Gasteiger partial charge < -0.3 is 9.47 Å². The van der Waals surface area contributed by atoms with Gasteiger partial charge in [-0.15, -0.1) is 0 Å². The van der Waals surface area contributed by atoms with Crippen LogP contribution in [0.1, 0.15) is 37.7 Å². The van der Waals surface area contributed by atoms with E-state index < -0.39 is 0 Å². The van der Waals surface area contributed by atoms with E-state index in [1.807, 2.05) is 12.1 Å². The number of hydrogen-bond donors (Lipinski definition) is 1. The third-order valence-corrected chi connectivity index (χ3v) is 4.76. The van der Waals surface area contributed by atoms with Gasteiger partial charge in [0, 0.05) is 5.41 Å². The number of hydrogen-bond acceptors (Lipinski definition) is 3. The van der Waals surface area contributed by atoms with Gasteiger partial charge in [-0.05, 0) is 36.3 Å². The first-order valence-electron chi connectivity index (χ1n) is 7.10. The summed E-state index contributed by atoms with van der Waals surface area (Å²) in [7, 11) is 1.69. The Morgan fingerprint density at radius 1 is 1.11 bits per heavy atom. The highest BCUT2D eigenvalue weighted by molar-refractivity contribution is 7.80. The summed E-state index contributed by atoms with van der Waals surface area (Å²) in [4.78, 5) is 0. The Labute approximate surface area is 121 Å². The third-order valence-electron chi connectivity index (χ3n) is 4.09. The van der Waals surface area contributed by atoms with Crippen molar-refractivity contribution >= 4 is 12.6 Å². The van der Waals surface area contributed by atoms with Gasteiger partial charge in [0.15, 0.2) is 0 Å². The highest BCUT2D eigenvalue weighted by atomic mass is 32.1. The predicted octanol–water partition coefficient (Wildman–Crippen LogP) is 4.09. The average Bonchev–Trinajstić information content (AvgIpc) is 2.49. The van der Waals surface area contributed by atoms with E-state index in [0.29, 0.717) is 12.0 Å². The van der Waals surface area contributed by atoms with Gasteiger partial charge in [0.2, 0.25) is 0 Å². The van der Waals surface area contributed by atoms with Gasteiger partial charge in [0.1, 0.15) is 5.75 Å². The molecule has 1 aromatic rings. The number of methoxy groups -OCH3 is 1. The summed E-state index contributed by atoms with van der Waals surface area (Å²) in [6, 6.07) is 8.08. The Morgan fingerprint density at radius 3 is 2.37 bits per heavy atom. The molecule has 106 valence electrons. The molecule has 0 saturated heterocycles. The Kier molecular flexibility index (Phi) is 5.59. The van der Waals surface area contributed by atoms with Gasteiger partial charge in [-0.25, -0.2) is 0 Å². The molecule has 0 radical (unpaired) electrons. The van der Waals surface area contributed by atoms with Gasteiger partial charge in [-0.1, -0.05) is 31.4 Å². The van der Waals surface area contributed by atoms with Gasteiger partial charge in [0.25, 0.3) is 0 Å². The fourth-order valence-corrected chi connectivity index (χ4v) is 3.16. The summed E-state index contributed by atoms with van der Waals surface area (Å²) in [5.74, 6) is 1.83. The molecule has 1 aliphatic rings. The lowest BCUT2D eigenvalue weighted by Gasteiger charge is -2.35. The van der Waals surface area contributed by atoms with Crippen molar-refractivity contribution < 1.29 is 9.47 Å². The minimum Gasteiger partial charge on any atom is -0.497 e. The summed E-state index contributed by atoms with van der Waals surface area (Å²) >= 11 is 4.54. The van der Waals surface area contributed by atoms with Gasteiger partial charge in [0.05, 0.1) is 20.3 Å². The molecule has 0 bridgehead atoms. The van der Waals surface area contributed by atoms with E-state index in [0.717, 1.165) is 18.1 Å². The van der Waals surface area contributed by atoms with Crippen molar-refractivity contribution in [1.29, 1.82) is 0 Å². The zero-order valence-corrected chi connectivity index (χ0v) is 12.6. The smallest absolute Gasteiger partial charge is 0.118 e. The summed E-state index contributed by atoms with van der Waals surface area (Å²) in [6.45, 7) is 1.52. The van der Waals surface area contributed by atoms with Crippen LogP contribution in [-0.2, 0) is 11.3 Å². The Bertz CT molecular complexity index is 369. The van der Waals surface area contributed by atoms with Crippen LogP contribution in [0, 0.1) is 5.41 Å². The number of benzene rings is 1. The van der Waals surface area contributed by atoms with Gasteiger partial charge in [-0.3, -0.25) is 0 Å². The highest BCUT2D eigenvalue weighted by Gasteiger charge is 2.30. The normalized spacial score (nSPS) is 18.2. The second-order valence-corrected chi connectivity index (χ2v) is 5.88. The summed E-state index contributed by atoms with van der Waals surface area (Å²) in [5.41, 5.74) is 1.51. The topological polar surface area (TPSA) is 18.5 Å². The first kappa shape index (κ1) is 14.7. The van der Waals surface area contributed by atoms with E-state index in [-0.39, 0.29) is 0 Å². The lowest BCUT2D eigenvalue weighted by molar-refractivity contribution is 0.0252. The summed E-state index contributed by atoms with van der Waals surface area (Å²) in [6.07, 6.45) is 6.55. The van der Waals surface area contributed by atoms with E-state index in [4.69, 9.17) is 9.47 Å². The van der Waals surface area contributed by atoms with Crippen LogP contribution in [0.2, 0.25) is 0 Å². The molecule has 0 amide bonds. The molecule has 0 heterocycles. The van der Waals surface area contributed by atoms with Crippen LogP contribution in [0.25, 0.3) is 0 Å². The maximum atomic E-state index is 5.94. The van der Waals surface area contributed by atoms with Crippen molar-refractivity contribution in [3.8, 4) is 5.75 Å². The molecule has 3 heteroatoms. The zero-order valence-electron chi connectivity index (χ0n) is 11.7. The lowest BCUT2D eigenvalue weighted by atomic mass is 9.76. The van der Waals surface area contributed by atoms with Crippen LogP contribution in [-0.4, -0.2) is 19.5 Å². The second-order valence-electron chi connectivity index (χ2n) is 5.56. The molecule has 0 spiro atoms.